The van der Waals surface area contributed by atoms with Crippen LogP contribution in [0.2, 0.25) is 0 Å². The standard InChI is InChI=1S/C23H35NO6/c1-4-5-6-7-8-9-10-11-12-13-20(26)24-17-16-23(28)18(25)14-15-19(29-3)22(23,2)30-21(17)27/h4-5,12-15,17,19,21,27-28H,6-11,16H2,1-3H3,(H,24,26)/t17-,19+,21+,22-,23+/m0/s1. The van der Waals surface area contributed by atoms with Crippen LogP contribution in [0.5, 0.6) is 0 Å². The van der Waals surface area contributed by atoms with Crippen LogP contribution >= 0.6 is 0 Å². The molecule has 1 aliphatic carbocycles. The number of methoxy groups -OCH3 is 1. The Morgan fingerprint density at radius 3 is 2.60 bits per heavy atom. The summed E-state index contributed by atoms with van der Waals surface area (Å²) in [5.74, 6) is -0.931. The van der Waals surface area contributed by atoms with Gasteiger partial charge in [-0.1, -0.05) is 31.1 Å². The molecule has 5 atom stereocenters. The van der Waals surface area contributed by atoms with E-state index in [-0.39, 0.29) is 6.42 Å². The Hall–Kier alpha value is -1.80. The lowest BCUT2D eigenvalue weighted by atomic mass is 9.68. The molecule has 0 aromatic heterocycles. The lowest BCUT2D eigenvalue weighted by Crippen LogP contribution is -2.73. The molecule has 0 unspecified atom stereocenters. The van der Waals surface area contributed by atoms with Crippen LogP contribution in [0.4, 0.5) is 0 Å². The molecule has 0 spiro atoms. The number of rotatable bonds is 10. The predicted molar refractivity (Wildman–Crippen MR) is 114 cm³/mol. The van der Waals surface area contributed by atoms with Crippen molar-refractivity contribution >= 4 is 11.7 Å². The third-order valence-electron chi connectivity index (χ3n) is 6.00. The van der Waals surface area contributed by atoms with E-state index in [1.807, 2.05) is 6.92 Å². The molecule has 30 heavy (non-hydrogen) atoms. The maximum atomic E-state index is 12.4. The van der Waals surface area contributed by atoms with Gasteiger partial charge in [-0.25, -0.2) is 0 Å². The molecule has 0 radical (unpaired) electrons. The van der Waals surface area contributed by atoms with Crippen molar-refractivity contribution in [2.75, 3.05) is 7.11 Å². The molecule has 0 saturated carbocycles. The average Bonchev–Trinajstić information content (AvgIpc) is 2.70. The monoisotopic (exact) mass is 421 g/mol. The van der Waals surface area contributed by atoms with Crippen LogP contribution in [0.15, 0.2) is 36.5 Å². The molecular formula is C23H35NO6. The zero-order valence-electron chi connectivity index (χ0n) is 18.2. The number of aliphatic hydroxyl groups excluding tert-OH is 1. The number of allylic oxidation sites excluding steroid dienone is 3. The van der Waals surface area contributed by atoms with Gasteiger partial charge in [-0.2, -0.15) is 0 Å². The van der Waals surface area contributed by atoms with Gasteiger partial charge in [-0.3, -0.25) is 9.59 Å². The molecule has 0 bridgehead atoms. The third kappa shape index (κ3) is 5.46. The van der Waals surface area contributed by atoms with Crippen LogP contribution in [0.25, 0.3) is 0 Å². The fourth-order valence-corrected chi connectivity index (χ4v) is 4.09. The fraction of sp³-hybridized carbons (Fsp3) is 0.652. The molecule has 1 aliphatic heterocycles. The minimum absolute atomic E-state index is 0.167. The second kappa shape index (κ2) is 11.0. The molecule has 7 heteroatoms. The topological polar surface area (TPSA) is 105 Å². The Morgan fingerprint density at radius 1 is 1.30 bits per heavy atom. The molecule has 1 saturated heterocycles. The van der Waals surface area contributed by atoms with E-state index in [1.54, 1.807) is 6.08 Å². The summed E-state index contributed by atoms with van der Waals surface area (Å²) >= 11 is 0. The quantitative estimate of drug-likeness (QED) is 0.284. The molecule has 7 nitrogen and oxygen atoms in total. The Kier molecular flexibility index (Phi) is 8.97. The summed E-state index contributed by atoms with van der Waals surface area (Å²) in [5.41, 5.74) is -3.35. The lowest BCUT2D eigenvalue weighted by molar-refractivity contribution is -0.305. The largest absolute Gasteiger partial charge is 0.378 e. The van der Waals surface area contributed by atoms with Crippen molar-refractivity contribution in [3.8, 4) is 0 Å². The normalized spacial score (nSPS) is 33.9. The predicted octanol–water partition coefficient (Wildman–Crippen LogP) is 2.33. The first-order valence-corrected chi connectivity index (χ1v) is 10.7. The van der Waals surface area contributed by atoms with Crippen molar-refractivity contribution < 1.29 is 29.3 Å². The van der Waals surface area contributed by atoms with Crippen LogP contribution in [-0.2, 0) is 19.1 Å². The summed E-state index contributed by atoms with van der Waals surface area (Å²) in [4.78, 5) is 24.7. The number of aliphatic hydroxyl groups is 2. The first-order valence-electron chi connectivity index (χ1n) is 10.7. The number of carbonyl (C=O) groups is 2. The van der Waals surface area contributed by atoms with Crippen molar-refractivity contribution in [3.05, 3.63) is 36.5 Å². The van der Waals surface area contributed by atoms with Gasteiger partial charge in [0.2, 0.25) is 5.91 Å². The Labute approximate surface area is 178 Å². The number of ketones is 1. The second-order valence-corrected chi connectivity index (χ2v) is 8.14. The van der Waals surface area contributed by atoms with E-state index in [2.05, 4.69) is 17.5 Å². The molecule has 3 N–H and O–H groups in total. The molecule has 168 valence electrons. The summed E-state index contributed by atoms with van der Waals surface area (Å²) in [6.45, 7) is 3.55. The lowest BCUT2D eigenvalue weighted by Gasteiger charge is -2.54. The Balaban J connectivity index is 1.85. The van der Waals surface area contributed by atoms with Gasteiger partial charge in [0.25, 0.3) is 0 Å². The van der Waals surface area contributed by atoms with Crippen molar-refractivity contribution in [2.45, 2.75) is 88.4 Å². The van der Waals surface area contributed by atoms with Crippen LogP contribution < -0.4 is 5.32 Å². The average molecular weight is 422 g/mol. The van der Waals surface area contributed by atoms with Gasteiger partial charge in [0.1, 0.15) is 11.7 Å². The van der Waals surface area contributed by atoms with Crippen molar-refractivity contribution in [3.63, 3.8) is 0 Å². The highest BCUT2D eigenvalue weighted by Gasteiger charge is 2.64. The maximum absolute atomic E-state index is 12.4. The molecule has 1 amide bonds. The first kappa shape index (κ1) is 24.5. The zero-order chi connectivity index (χ0) is 22.2. The van der Waals surface area contributed by atoms with Gasteiger partial charge < -0.3 is 25.0 Å². The number of hydrogen-bond donors (Lipinski definition) is 3. The molecule has 0 aromatic carbocycles. The molecule has 2 aliphatic rings. The third-order valence-corrected chi connectivity index (χ3v) is 6.00. The maximum Gasteiger partial charge on any atom is 0.244 e. The minimum atomic E-state index is -1.91. The van der Waals surface area contributed by atoms with Crippen LogP contribution in [0.3, 0.4) is 0 Å². The van der Waals surface area contributed by atoms with Crippen molar-refractivity contribution in [1.29, 1.82) is 0 Å². The number of amides is 1. The number of nitrogens with one attached hydrogen (secondary N) is 1. The number of fused-ring (bicyclic) bond motifs is 1. The number of carbonyl (C=O) groups excluding carboxylic acids is 2. The van der Waals surface area contributed by atoms with E-state index in [0.29, 0.717) is 0 Å². The first-order chi connectivity index (χ1) is 14.3. The zero-order valence-corrected chi connectivity index (χ0v) is 18.2. The summed E-state index contributed by atoms with van der Waals surface area (Å²) in [6.07, 6.45) is 14.3. The number of hydrogen-bond acceptors (Lipinski definition) is 6. The van der Waals surface area contributed by atoms with Gasteiger partial charge in [0.15, 0.2) is 17.7 Å². The number of ether oxygens (including phenoxy) is 2. The molecule has 1 heterocycles. The highest BCUT2D eigenvalue weighted by atomic mass is 16.6. The highest BCUT2D eigenvalue weighted by Crippen LogP contribution is 2.44. The summed E-state index contributed by atoms with van der Waals surface area (Å²) in [6, 6.07) is -0.917. The Morgan fingerprint density at radius 2 is 1.97 bits per heavy atom. The van der Waals surface area contributed by atoms with Crippen molar-refractivity contribution in [1.82, 2.24) is 5.32 Å². The van der Waals surface area contributed by atoms with Gasteiger partial charge >= 0.3 is 0 Å². The SMILES string of the molecule is CC=CCCCCCCC=CC(=O)N[C@H]1C[C@@]2(O)C(=O)C=C[C@@H](OC)[C@]2(C)O[C@H]1O. The van der Waals surface area contributed by atoms with Gasteiger partial charge in [-0.15, -0.1) is 0 Å². The summed E-state index contributed by atoms with van der Waals surface area (Å²) < 4.78 is 10.9. The molecular weight excluding hydrogens is 386 g/mol. The van der Waals surface area contributed by atoms with Crippen LogP contribution in [0, 0.1) is 0 Å². The number of unbranched alkanes of at least 4 members (excludes halogenated alkanes) is 5. The van der Waals surface area contributed by atoms with Crippen LogP contribution in [0.1, 0.15) is 58.8 Å². The molecule has 1 fully saturated rings. The van der Waals surface area contributed by atoms with Gasteiger partial charge in [0, 0.05) is 13.5 Å². The van der Waals surface area contributed by atoms with Crippen molar-refractivity contribution in [2.24, 2.45) is 0 Å². The van der Waals surface area contributed by atoms with E-state index < -0.39 is 41.3 Å². The fourth-order valence-electron chi connectivity index (χ4n) is 4.09. The summed E-state index contributed by atoms with van der Waals surface area (Å²) in [5, 5.41) is 24.1. The smallest absolute Gasteiger partial charge is 0.244 e. The minimum Gasteiger partial charge on any atom is -0.378 e. The summed E-state index contributed by atoms with van der Waals surface area (Å²) in [7, 11) is 1.44. The van der Waals surface area contributed by atoms with E-state index in [0.717, 1.165) is 32.1 Å². The van der Waals surface area contributed by atoms with Gasteiger partial charge in [0.05, 0.1) is 6.04 Å². The van der Waals surface area contributed by atoms with E-state index >= 15 is 0 Å². The molecule has 0 aromatic rings. The van der Waals surface area contributed by atoms with E-state index in [1.165, 1.54) is 38.7 Å². The Bertz CT molecular complexity index is 687. The van der Waals surface area contributed by atoms with Crippen LogP contribution in [-0.4, -0.2) is 58.7 Å². The molecule has 2 rings (SSSR count). The second-order valence-electron chi connectivity index (χ2n) is 8.14. The van der Waals surface area contributed by atoms with E-state index in [9.17, 15) is 19.8 Å². The highest BCUT2D eigenvalue weighted by molar-refractivity contribution is 5.99. The van der Waals surface area contributed by atoms with Gasteiger partial charge in [-0.05, 0) is 57.8 Å². The van der Waals surface area contributed by atoms with E-state index in [4.69, 9.17) is 9.47 Å².